The fraction of sp³-hybridized carbons (Fsp3) is 1.00. The molecule has 0 aliphatic rings. The number of unbranched alkanes of at least 4 members (excludes halogenated alkanes) is 9. The average Bonchev–Trinajstić information content (AvgIpc) is 2.39. The van der Waals surface area contributed by atoms with E-state index in [1.807, 2.05) is 0 Å². The van der Waals surface area contributed by atoms with Crippen LogP contribution in [0.2, 0.25) is 0 Å². The van der Waals surface area contributed by atoms with Crippen LogP contribution in [0, 0.1) is 0 Å². The molecule has 0 heterocycles. The summed E-state index contributed by atoms with van der Waals surface area (Å²) in [6.45, 7) is 3.72. The van der Waals surface area contributed by atoms with Crippen molar-refractivity contribution in [1.82, 2.24) is 0 Å². The Balaban J connectivity index is 0. The van der Waals surface area contributed by atoms with Crippen molar-refractivity contribution in [3.05, 3.63) is 0 Å². The van der Waals surface area contributed by atoms with Gasteiger partial charge < -0.3 is 5.73 Å². The molecule has 0 amide bonds. The monoisotopic (exact) mass is 331 g/mol. The van der Waals surface area contributed by atoms with E-state index in [-0.39, 0.29) is 36.1 Å². The molecule has 1 atom stereocenters. The molecule has 0 rings (SSSR count). The Labute approximate surface area is 153 Å². The molecule has 0 aromatic rings. The van der Waals surface area contributed by atoms with E-state index in [0.717, 1.165) is 19.3 Å². The van der Waals surface area contributed by atoms with E-state index >= 15 is 0 Å². The first-order valence-electron chi connectivity index (χ1n) is 8.04. The molecule has 0 spiro atoms. The molecule has 124 valence electrons. The van der Waals surface area contributed by atoms with Crippen molar-refractivity contribution in [3.8, 4) is 0 Å². The quantitative estimate of drug-likeness (QED) is 0.308. The van der Waals surface area contributed by atoms with Crippen molar-refractivity contribution in [1.29, 1.82) is 0 Å². The van der Waals surface area contributed by atoms with Crippen LogP contribution in [0.25, 0.3) is 0 Å². The second kappa shape index (κ2) is 13.3. The van der Waals surface area contributed by atoms with E-state index in [1.165, 1.54) is 51.9 Å². The van der Waals surface area contributed by atoms with Crippen molar-refractivity contribution in [2.75, 3.05) is 6.54 Å². The van der Waals surface area contributed by atoms with Crippen LogP contribution in [0.1, 0.15) is 84.5 Å². The van der Waals surface area contributed by atoms with Gasteiger partial charge in [0.15, 0.2) is 0 Å². The first-order valence-corrected chi connectivity index (χ1v) is 9.48. The number of nitrogens with two attached hydrogens (primary N) is 1. The van der Waals surface area contributed by atoms with E-state index in [0.29, 0.717) is 6.42 Å². The third kappa shape index (κ3) is 11.1. The third-order valence-corrected chi connectivity index (χ3v) is 5.73. The Hall–Kier alpha value is 0.870. The molecule has 0 bridgehead atoms. The Morgan fingerprint density at radius 1 is 0.905 bits per heavy atom. The van der Waals surface area contributed by atoms with Crippen LogP contribution in [-0.2, 0) is 10.1 Å². The van der Waals surface area contributed by atoms with Gasteiger partial charge in [0.25, 0.3) is 10.1 Å². The summed E-state index contributed by atoms with van der Waals surface area (Å²) in [5.41, 5.74) is 5.47. The molecule has 0 aliphatic carbocycles. The predicted molar refractivity (Wildman–Crippen MR) is 92.6 cm³/mol. The van der Waals surface area contributed by atoms with Crippen molar-refractivity contribution in [2.24, 2.45) is 5.73 Å². The first kappa shape index (κ1) is 24.1. The SMILES string of the molecule is CCCCCCCCCCCCC(C)(CN)S(=O)(=O)O.[NaH]. The van der Waals surface area contributed by atoms with Crippen LogP contribution in [0.3, 0.4) is 0 Å². The summed E-state index contributed by atoms with van der Waals surface area (Å²) in [6, 6.07) is 0. The van der Waals surface area contributed by atoms with Crippen molar-refractivity contribution in [3.63, 3.8) is 0 Å². The summed E-state index contributed by atoms with van der Waals surface area (Å²) < 4.78 is 30.5. The third-order valence-electron chi connectivity index (χ3n) is 4.11. The van der Waals surface area contributed by atoms with Crippen molar-refractivity contribution < 1.29 is 13.0 Å². The standard InChI is InChI=1S/C15H33NO3S.Na.H/c1-3-4-5-6-7-8-9-10-11-12-13-15(2,14-16)20(17,18)19;;/h3-14,16H2,1-2H3,(H,17,18,19);;. The fourth-order valence-corrected chi connectivity index (χ4v) is 2.94. The Bertz CT molecular complexity index is 336. The van der Waals surface area contributed by atoms with Gasteiger partial charge in [-0.1, -0.05) is 71.1 Å². The summed E-state index contributed by atoms with van der Waals surface area (Å²) in [4.78, 5) is 0. The minimum absolute atomic E-state index is 0. The zero-order chi connectivity index (χ0) is 15.5. The van der Waals surface area contributed by atoms with E-state index in [2.05, 4.69) is 6.92 Å². The summed E-state index contributed by atoms with van der Waals surface area (Å²) in [5, 5.41) is 0. The summed E-state index contributed by atoms with van der Waals surface area (Å²) in [5.74, 6) is 0. The maximum atomic E-state index is 11.3. The average molecular weight is 331 g/mol. The van der Waals surface area contributed by atoms with Gasteiger partial charge >= 0.3 is 29.6 Å². The van der Waals surface area contributed by atoms with Gasteiger partial charge in [-0.25, -0.2) is 0 Å². The molecular formula is C15H34NNaO3S. The van der Waals surface area contributed by atoms with Crippen LogP contribution in [0.15, 0.2) is 0 Å². The Morgan fingerprint density at radius 2 is 1.29 bits per heavy atom. The van der Waals surface area contributed by atoms with Gasteiger partial charge in [0, 0.05) is 6.54 Å². The molecule has 3 N–H and O–H groups in total. The molecule has 0 aliphatic heterocycles. The second-order valence-corrected chi connectivity index (χ2v) is 8.00. The van der Waals surface area contributed by atoms with Crippen LogP contribution in [-0.4, -0.2) is 53.8 Å². The molecule has 0 fully saturated rings. The summed E-state index contributed by atoms with van der Waals surface area (Å²) in [7, 11) is -4.05. The zero-order valence-electron chi connectivity index (χ0n) is 13.2. The van der Waals surface area contributed by atoms with Crippen LogP contribution in [0.4, 0.5) is 0 Å². The maximum absolute atomic E-state index is 11.3. The normalized spacial score (nSPS) is 14.5. The molecule has 21 heavy (non-hydrogen) atoms. The van der Waals surface area contributed by atoms with Gasteiger partial charge in [0.1, 0.15) is 4.75 Å². The van der Waals surface area contributed by atoms with Crippen molar-refractivity contribution >= 4 is 39.7 Å². The molecule has 6 heteroatoms. The molecule has 0 saturated heterocycles. The zero-order valence-corrected chi connectivity index (χ0v) is 14.1. The summed E-state index contributed by atoms with van der Waals surface area (Å²) in [6.07, 6.45) is 12.5. The molecule has 0 aromatic carbocycles. The first-order chi connectivity index (χ1) is 9.37. The predicted octanol–water partition coefficient (Wildman–Crippen LogP) is 3.25. The number of rotatable bonds is 13. The Morgan fingerprint density at radius 3 is 1.62 bits per heavy atom. The van der Waals surface area contributed by atoms with Crippen LogP contribution >= 0.6 is 0 Å². The fourth-order valence-electron chi connectivity index (χ4n) is 2.32. The van der Waals surface area contributed by atoms with E-state index in [9.17, 15) is 13.0 Å². The van der Waals surface area contributed by atoms with Crippen LogP contribution < -0.4 is 5.73 Å². The van der Waals surface area contributed by atoms with Gasteiger partial charge in [-0.05, 0) is 13.3 Å². The Kier molecular flexibility index (Phi) is 15.3. The van der Waals surface area contributed by atoms with E-state index in [4.69, 9.17) is 5.73 Å². The molecular weight excluding hydrogens is 297 g/mol. The van der Waals surface area contributed by atoms with Crippen LogP contribution in [0.5, 0.6) is 0 Å². The van der Waals surface area contributed by atoms with E-state index in [1.54, 1.807) is 0 Å². The van der Waals surface area contributed by atoms with Gasteiger partial charge in [0.2, 0.25) is 0 Å². The molecule has 0 saturated carbocycles. The second-order valence-electron chi connectivity index (χ2n) is 6.06. The van der Waals surface area contributed by atoms with Gasteiger partial charge in [0.05, 0.1) is 0 Å². The summed E-state index contributed by atoms with van der Waals surface area (Å²) >= 11 is 0. The molecule has 1 unspecified atom stereocenters. The number of hydrogen-bond acceptors (Lipinski definition) is 3. The molecule has 4 nitrogen and oxygen atoms in total. The van der Waals surface area contributed by atoms with E-state index < -0.39 is 14.9 Å². The minimum atomic E-state index is -4.05. The molecule has 0 aromatic heterocycles. The van der Waals surface area contributed by atoms with Gasteiger partial charge in [-0.15, -0.1) is 0 Å². The van der Waals surface area contributed by atoms with Gasteiger partial charge in [-0.2, -0.15) is 8.42 Å². The van der Waals surface area contributed by atoms with Gasteiger partial charge in [-0.3, -0.25) is 4.55 Å². The topological polar surface area (TPSA) is 80.4 Å². The number of hydrogen-bond donors (Lipinski definition) is 2. The molecule has 0 radical (unpaired) electrons. The van der Waals surface area contributed by atoms with Crippen molar-refractivity contribution in [2.45, 2.75) is 89.2 Å².